The lowest BCUT2D eigenvalue weighted by Crippen LogP contribution is -1.95. The van der Waals surface area contributed by atoms with Gasteiger partial charge in [0, 0.05) is 11.9 Å². The van der Waals surface area contributed by atoms with Gasteiger partial charge in [0.1, 0.15) is 0 Å². The first-order valence-corrected chi connectivity index (χ1v) is 3.69. The summed E-state index contributed by atoms with van der Waals surface area (Å²) in [5.74, 6) is 0.704. The van der Waals surface area contributed by atoms with Gasteiger partial charge in [0.05, 0.1) is 0 Å². The van der Waals surface area contributed by atoms with Crippen LogP contribution in [-0.4, -0.2) is 4.98 Å². The second-order valence-electron chi connectivity index (χ2n) is 2.92. The lowest BCUT2D eigenvalue weighted by atomic mass is 10.1. The molecule has 1 aromatic heterocycles. The van der Waals surface area contributed by atoms with E-state index in [-0.39, 0.29) is 0 Å². The van der Waals surface area contributed by atoms with Gasteiger partial charge in [-0.25, -0.2) is 0 Å². The zero-order valence-corrected chi connectivity index (χ0v) is 6.54. The third-order valence-electron chi connectivity index (χ3n) is 1.34. The average molecular weight is 135 g/mol. The van der Waals surface area contributed by atoms with Gasteiger partial charge >= 0.3 is 0 Å². The monoisotopic (exact) mass is 135 g/mol. The molecule has 0 aromatic carbocycles. The fourth-order valence-electron chi connectivity index (χ4n) is 0.937. The second kappa shape index (κ2) is 3.35. The zero-order chi connectivity index (χ0) is 7.40. The van der Waals surface area contributed by atoms with Gasteiger partial charge in [-0.1, -0.05) is 19.9 Å². The van der Waals surface area contributed by atoms with Crippen LogP contribution >= 0.6 is 0 Å². The van der Waals surface area contributed by atoms with Gasteiger partial charge in [-0.05, 0) is 24.5 Å². The first-order valence-electron chi connectivity index (χ1n) is 3.69. The van der Waals surface area contributed by atoms with Crippen LogP contribution in [0.1, 0.15) is 19.5 Å². The van der Waals surface area contributed by atoms with E-state index in [9.17, 15) is 0 Å². The van der Waals surface area contributed by atoms with Crippen molar-refractivity contribution in [1.29, 1.82) is 0 Å². The molecule has 0 unspecified atom stereocenters. The Hall–Kier alpha value is -0.850. The van der Waals surface area contributed by atoms with Crippen LogP contribution in [0.3, 0.4) is 0 Å². The van der Waals surface area contributed by atoms with E-state index in [1.165, 1.54) is 5.69 Å². The SMILES string of the molecule is CC(C)Cc1ccccn1. The van der Waals surface area contributed by atoms with Crippen molar-refractivity contribution in [2.45, 2.75) is 20.3 Å². The van der Waals surface area contributed by atoms with Crippen molar-refractivity contribution in [2.75, 3.05) is 0 Å². The highest BCUT2D eigenvalue weighted by Gasteiger charge is 1.95. The zero-order valence-electron chi connectivity index (χ0n) is 6.54. The van der Waals surface area contributed by atoms with Crippen molar-refractivity contribution < 1.29 is 0 Å². The summed E-state index contributed by atoms with van der Waals surface area (Å²) in [5.41, 5.74) is 1.19. The normalized spacial score (nSPS) is 10.3. The maximum atomic E-state index is 4.22. The molecule has 0 spiro atoms. The molecule has 1 heterocycles. The van der Waals surface area contributed by atoms with Crippen LogP contribution in [0.2, 0.25) is 0 Å². The van der Waals surface area contributed by atoms with Gasteiger partial charge in [0.2, 0.25) is 0 Å². The molecule has 1 nitrogen and oxygen atoms in total. The molecule has 0 bridgehead atoms. The van der Waals surface area contributed by atoms with Crippen molar-refractivity contribution >= 4 is 0 Å². The summed E-state index contributed by atoms with van der Waals surface area (Å²) in [5, 5.41) is 0. The van der Waals surface area contributed by atoms with Crippen molar-refractivity contribution in [2.24, 2.45) is 5.92 Å². The maximum absolute atomic E-state index is 4.22. The number of hydrogen-bond donors (Lipinski definition) is 0. The fourth-order valence-corrected chi connectivity index (χ4v) is 0.937. The maximum Gasteiger partial charge on any atom is 0.0406 e. The van der Waals surface area contributed by atoms with Gasteiger partial charge < -0.3 is 0 Å². The van der Waals surface area contributed by atoms with Gasteiger partial charge in [0.15, 0.2) is 0 Å². The van der Waals surface area contributed by atoms with E-state index in [1.54, 1.807) is 0 Å². The van der Waals surface area contributed by atoms with Crippen molar-refractivity contribution in [1.82, 2.24) is 4.98 Å². The molecule has 54 valence electrons. The molecule has 1 heteroatoms. The van der Waals surface area contributed by atoms with Crippen LogP contribution in [0, 0.1) is 5.92 Å². The summed E-state index contributed by atoms with van der Waals surface area (Å²) in [6.45, 7) is 4.41. The Morgan fingerprint density at radius 3 is 2.70 bits per heavy atom. The average Bonchev–Trinajstić information content (AvgIpc) is 1.88. The van der Waals surface area contributed by atoms with Gasteiger partial charge in [-0.15, -0.1) is 0 Å². The van der Waals surface area contributed by atoms with Crippen LogP contribution in [0.15, 0.2) is 24.4 Å². The fraction of sp³-hybridized carbons (Fsp3) is 0.444. The van der Waals surface area contributed by atoms with E-state index in [0.717, 1.165) is 6.42 Å². The Labute approximate surface area is 62.1 Å². The minimum absolute atomic E-state index is 0.704. The molecule has 0 fully saturated rings. The Morgan fingerprint density at radius 1 is 1.40 bits per heavy atom. The minimum Gasteiger partial charge on any atom is -0.261 e. The van der Waals surface area contributed by atoms with Crippen LogP contribution < -0.4 is 0 Å². The number of pyridine rings is 1. The topological polar surface area (TPSA) is 12.9 Å². The lowest BCUT2D eigenvalue weighted by molar-refractivity contribution is 0.635. The Bertz CT molecular complexity index is 179. The summed E-state index contributed by atoms with van der Waals surface area (Å²) in [6, 6.07) is 6.05. The molecule has 0 atom stereocenters. The molecule has 0 aliphatic carbocycles. The lowest BCUT2D eigenvalue weighted by Gasteiger charge is -2.01. The predicted octanol–water partition coefficient (Wildman–Crippen LogP) is 2.28. The number of hydrogen-bond acceptors (Lipinski definition) is 1. The second-order valence-corrected chi connectivity index (χ2v) is 2.92. The number of rotatable bonds is 2. The van der Waals surface area contributed by atoms with Crippen molar-refractivity contribution in [3.8, 4) is 0 Å². The molecule has 0 saturated carbocycles. The van der Waals surface area contributed by atoms with E-state index in [4.69, 9.17) is 0 Å². The molecular formula is C9H13N. The third kappa shape index (κ3) is 2.18. The van der Waals surface area contributed by atoms with E-state index >= 15 is 0 Å². The summed E-state index contributed by atoms with van der Waals surface area (Å²) >= 11 is 0. The van der Waals surface area contributed by atoms with E-state index in [0.29, 0.717) is 5.92 Å². The molecule has 1 rings (SSSR count). The first kappa shape index (κ1) is 7.26. The molecule has 1 aromatic rings. The summed E-state index contributed by atoms with van der Waals surface area (Å²) in [7, 11) is 0. The van der Waals surface area contributed by atoms with Crippen molar-refractivity contribution in [3.63, 3.8) is 0 Å². The van der Waals surface area contributed by atoms with Gasteiger partial charge in [-0.3, -0.25) is 4.98 Å². The predicted molar refractivity (Wildman–Crippen MR) is 42.8 cm³/mol. The first-order chi connectivity index (χ1) is 4.79. The Balaban J connectivity index is 2.59. The number of nitrogens with zero attached hydrogens (tertiary/aromatic N) is 1. The molecule has 0 N–H and O–H groups in total. The molecule has 0 aliphatic heterocycles. The standard InChI is InChI=1S/C9H13N/c1-8(2)7-9-5-3-4-6-10-9/h3-6,8H,7H2,1-2H3. The van der Waals surface area contributed by atoms with Crippen LogP contribution in [0.4, 0.5) is 0 Å². The molecule has 10 heavy (non-hydrogen) atoms. The Morgan fingerprint density at radius 2 is 2.20 bits per heavy atom. The van der Waals surface area contributed by atoms with Gasteiger partial charge in [-0.2, -0.15) is 0 Å². The van der Waals surface area contributed by atoms with Crippen LogP contribution in [-0.2, 0) is 6.42 Å². The van der Waals surface area contributed by atoms with Gasteiger partial charge in [0.25, 0.3) is 0 Å². The molecule has 0 aliphatic rings. The summed E-state index contributed by atoms with van der Waals surface area (Å²) < 4.78 is 0. The molecular weight excluding hydrogens is 122 g/mol. The highest BCUT2D eigenvalue weighted by Crippen LogP contribution is 2.02. The van der Waals surface area contributed by atoms with E-state index in [1.807, 2.05) is 18.3 Å². The van der Waals surface area contributed by atoms with E-state index in [2.05, 4.69) is 24.9 Å². The summed E-state index contributed by atoms with van der Waals surface area (Å²) in [6.07, 6.45) is 2.93. The highest BCUT2D eigenvalue weighted by molar-refractivity contribution is 5.03. The highest BCUT2D eigenvalue weighted by atomic mass is 14.7. The van der Waals surface area contributed by atoms with Crippen LogP contribution in [0.5, 0.6) is 0 Å². The van der Waals surface area contributed by atoms with E-state index < -0.39 is 0 Å². The number of aromatic nitrogens is 1. The quantitative estimate of drug-likeness (QED) is 0.606. The molecule has 0 radical (unpaired) electrons. The molecule has 0 saturated heterocycles. The smallest absolute Gasteiger partial charge is 0.0406 e. The summed E-state index contributed by atoms with van der Waals surface area (Å²) in [4.78, 5) is 4.22. The largest absolute Gasteiger partial charge is 0.261 e. The van der Waals surface area contributed by atoms with Crippen molar-refractivity contribution in [3.05, 3.63) is 30.1 Å². The Kier molecular flexibility index (Phi) is 2.43. The third-order valence-corrected chi connectivity index (χ3v) is 1.34. The molecule has 0 amide bonds. The minimum atomic E-state index is 0.704. The van der Waals surface area contributed by atoms with Crippen LogP contribution in [0.25, 0.3) is 0 Å².